The molecule has 0 spiro atoms. The van der Waals surface area contributed by atoms with Crippen molar-refractivity contribution in [1.29, 1.82) is 0 Å². The second-order valence-electron chi connectivity index (χ2n) is 8.18. The van der Waals surface area contributed by atoms with Gasteiger partial charge in [-0.15, -0.1) is 0 Å². The summed E-state index contributed by atoms with van der Waals surface area (Å²) in [6.07, 6.45) is 2.30. The van der Waals surface area contributed by atoms with E-state index in [9.17, 15) is 25.3 Å². The van der Waals surface area contributed by atoms with E-state index in [2.05, 4.69) is 0 Å². The van der Waals surface area contributed by atoms with Crippen LogP contribution in [-0.2, 0) is 0 Å². The Bertz CT molecular complexity index is 1260. The molecule has 2 aromatic carbocycles. The van der Waals surface area contributed by atoms with Crippen molar-refractivity contribution in [2.24, 2.45) is 0 Å². The molecule has 9 heteroatoms. The van der Waals surface area contributed by atoms with Crippen LogP contribution >= 0.6 is 23.2 Å². The Hall–Kier alpha value is -2.55. The summed E-state index contributed by atoms with van der Waals surface area (Å²) in [4.78, 5) is 12.8. The fourth-order valence-corrected chi connectivity index (χ4v) is 4.69. The first-order valence-electron chi connectivity index (χ1n) is 9.96. The molecule has 7 nitrogen and oxygen atoms in total. The van der Waals surface area contributed by atoms with Crippen molar-refractivity contribution in [2.45, 2.75) is 18.4 Å². The average Bonchev–Trinajstić information content (AvgIpc) is 2.68. The molecule has 1 aliphatic heterocycles. The molecule has 0 bridgehead atoms. The normalized spacial score (nSPS) is 23.8. The zero-order valence-corrected chi connectivity index (χ0v) is 18.6. The fraction of sp³-hybridized carbons (Fsp3) is 0.261. The lowest BCUT2D eigenvalue weighted by Crippen LogP contribution is -2.51. The van der Waals surface area contributed by atoms with Crippen molar-refractivity contribution < 1.29 is 24.4 Å². The number of rotatable bonds is 3. The van der Waals surface area contributed by atoms with E-state index in [1.54, 1.807) is 24.3 Å². The maximum Gasteiger partial charge on any atom is 0.197 e. The number of likely N-dealkylation sites (N-methyl/N-ethyl adjacent to an activating group) is 1. The largest absolute Gasteiger partial charge is 0.633 e. The summed E-state index contributed by atoms with van der Waals surface area (Å²) >= 11 is 12.4. The van der Waals surface area contributed by atoms with E-state index in [1.165, 1.54) is 19.2 Å². The van der Waals surface area contributed by atoms with Crippen LogP contribution in [-0.4, -0.2) is 46.2 Å². The van der Waals surface area contributed by atoms with Crippen molar-refractivity contribution in [2.75, 3.05) is 20.1 Å². The number of hydrogen-bond donors (Lipinski definition) is 3. The number of likely N-dealkylation sites (tertiary alicyclic amines) is 1. The maximum absolute atomic E-state index is 12.8. The second kappa shape index (κ2) is 8.42. The molecule has 1 fully saturated rings. The topological polar surface area (TPSA) is 114 Å². The minimum absolute atomic E-state index is 0.0362. The quantitative estimate of drug-likeness (QED) is 0.378. The van der Waals surface area contributed by atoms with Crippen LogP contribution < -0.4 is 5.43 Å². The van der Waals surface area contributed by atoms with Crippen molar-refractivity contribution in [3.8, 4) is 11.5 Å². The molecule has 0 amide bonds. The lowest BCUT2D eigenvalue weighted by atomic mass is 9.85. The molecular formula is C23H21Cl2NO6. The molecule has 2 heterocycles. The molecule has 1 saturated heterocycles. The Morgan fingerprint density at radius 2 is 1.84 bits per heavy atom. The monoisotopic (exact) mass is 477 g/mol. The van der Waals surface area contributed by atoms with E-state index in [0.29, 0.717) is 15.6 Å². The van der Waals surface area contributed by atoms with Gasteiger partial charge in [-0.25, -0.2) is 0 Å². The van der Waals surface area contributed by atoms with E-state index in [4.69, 9.17) is 27.6 Å². The highest BCUT2D eigenvalue weighted by Gasteiger charge is 2.37. The lowest BCUT2D eigenvalue weighted by molar-refractivity contribution is -0.870. The molecule has 0 saturated carbocycles. The molecule has 0 aliphatic carbocycles. The summed E-state index contributed by atoms with van der Waals surface area (Å²) in [6.45, 7) is 0.152. The number of halogens is 2. The highest BCUT2D eigenvalue weighted by Crippen LogP contribution is 2.42. The van der Waals surface area contributed by atoms with Crippen LogP contribution in [0.15, 0.2) is 39.5 Å². The molecule has 168 valence electrons. The standard InChI is InChI=1S/C23H21Cl2NO6/c1-26(31)8-7-14(20(30)11-26)21-18(28)10-19(29)22-17(27)9-12(32-23(21)22)5-6-13-15(24)3-2-4-16(13)25/h2-6,9-10,14,20,28-30H,7-8,11H2,1H3/b6-5+/t14-,20+,26?/m0/s1. The van der Waals surface area contributed by atoms with Gasteiger partial charge in [0.2, 0.25) is 0 Å². The minimum atomic E-state index is -1.06. The van der Waals surface area contributed by atoms with E-state index in [1.807, 2.05) is 0 Å². The van der Waals surface area contributed by atoms with Gasteiger partial charge in [0, 0.05) is 45.6 Å². The van der Waals surface area contributed by atoms with Gasteiger partial charge < -0.3 is 29.6 Å². The molecule has 3 N–H and O–H groups in total. The van der Waals surface area contributed by atoms with Crippen LogP contribution in [0.25, 0.3) is 23.1 Å². The molecular weight excluding hydrogens is 457 g/mol. The van der Waals surface area contributed by atoms with Gasteiger partial charge in [0.1, 0.15) is 40.9 Å². The molecule has 0 radical (unpaired) electrons. The van der Waals surface area contributed by atoms with Crippen LogP contribution in [0, 0.1) is 5.21 Å². The Morgan fingerprint density at radius 3 is 2.50 bits per heavy atom. The summed E-state index contributed by atoms with van der Waals surface area (Å²) in [5.41, 5.74) is 0.163. The molecule has 1 aliphatic rings. The first-order chi connectivity index (χ1) is 15.1. The summed E-state index contributed by atoms with van der Waals surface area (Å²) < 4.78 is 5.30. The maximum atomic E-state index is 12.8. The molecule has 32 heavy (non-hydrogen) atoms. The number of quaternary nitrogens is 1. The highest BCUT2D eigenvalue weighted by atomic mass is 35.5. The first kappa shape index (κ1) is 22.6. The Balaban J connectivity index is 1.86. The zero-order chi connectivity index (χ0) is 23.2. The van der Waals surface area contributed by atoms with E-state index in [-0.39, 0.29) is 47.6 Å². The van der Waals surface area contributed by atoms with Crippen LogP contribution in [0.3, 0.4) is 0 Å². The van der Waals surface area contributed by atoms with Crippen molar-refractivity contribution in [1.82, 2.24) is 0 Å². The number of fused-ring (bicyclic) bond motifs is 1. The van der Waals surface area contributed by atoms with Crippen LogP contribution in [0.5, 0.6) is 11.5 Å². The average molecular weight is 478 g/mol. The molecule has 1 unspecified atom stereocenters. The number of piperidine rings is 1. The SMILES string of the molecule is C[N+]1([O-])CC[C@H](c2c(O)cc(O)c3c(=O)cc(/C=C/c4c(Cl)cccc4Cl)oc23)[C@H](O)C1. The number of hydroxylamine groups is 3. The van der Waals surface area contributed by atoms with Gasteiger partial charge in [-0.05, 0) is 24.3 Å². The van der Waals surface area contributed by atoms with E-state index >= 15 is 0 Å². The number of aliphatic hydroxyl groups excluding tert-OH is 1. The van der Waals surface area contributed by atoms with Crippen LogP contribution in [0.2, 0.25) is 10.0 Å². The number of benzene rings is 2. The summed E-state index contributed by atoms with van der Waals surface area (Å²) in [5, 5.41) is 44.5. The van der Waals surface area contributed by atoms with Crippen molar-refractivity contribution >= 4 is 46.3 Å². The van der Waals surface area contributed by atoms with Gasteiger partial charge in [0.05, 0.1) is 13.6 Å². The van der Waals surface area contributed by atoms with Crippen LogP contribution in [0.4, 0.5) is 0 Å². The summed E-state index contributed by atoms with van der Waals surface area (Å²) in [6, 6.07) is 7.31. The third kappa shape index (κ3) is 4.22. The summed E-state index contributed by atoms with van der Waals surface area (Å²) in [7, 11) is 1.47. The van der Waals surface area contributed by atoms with Crippen LogP contribution in [0.1, 0.15) is 29.2 Å². The molecule has 4 rings (SSSR count). The first-order valence-corrected chi connectivity index (χ1v) is 10.7. The smallest absolute Gasteiger partial charge is 0.197 e. The van der Waals surface area contributed by atoms with Crippen molar-refractivity contribution in [3.05, 3.63) is 72.7 Å². The Morgan fingerprint density at radius 1 is 1.16 bits per heavy atom. The van der Waals surface area contributed by atoms with Gasteiger partial charge in [-0.2, -0.15) is 0 Å². The number of phenolic OH excluding ortho intramolecular Hbond substituents is 2. The number of aromatic hydroxyl groups is 2. The molecule has 3 aromatic rings. The number of nitrogens with zero attached hydrogens (tertiary/aromatic N) is 1. The number of aliphatic hydroxyl groups is 1. The van der Waals surface area contributed by atoms with Crippen molar-refractivity contribution in [3.63, 3.8) is 0 Å². The van der Waals surface area contributed by atoms with Gasteiger partial charge >= 0.3 is 0 Å². The fourth-order valence-electron chi connectivity index (χ4n) is 4.17. The van der Waals surface area contributed by atoms with Gasteiger partial charge in [0.25, 0.3) is 0 Å². The third-order valence-electron chi connectivity index (χ3n) is 5.75. The lowest BCUT2D eigenvalue weighted by Gasteiger charge is -2.46. The molecule has 1 aromatic heterocycles. The van der Waals surface area contributed by atoms with Gasteiger partial charge in [-0.3, -0.25) is 4.79 Å². The summed E-state index contributed by atoms with van der Waals surface area (Å²) in [5.74, 6) is -1.26. The number of phenols is 2. The zero-order valence-electron chi connectivity index (χ0n) is 17.1. The predicted molar refractivity (Wildman–Crippen MR) is 124 cm³/mol. The van der Waals surface area contributed by atoms with E-state index < -0.39 is 27.8 Å². The van der Waals surface area contributed by atoms with E-state index in [0.717, 1.165) is 6.07 Å². The highest BCUT2D eigenvalue weighted by molar-refractivity contribution is 6.37. The number of hydrogen-bond acceptors (Lipinski definition) is 6. The second-order valence-corrected chi connectivity index (χ2v) is 8.99. The molecule has 3 atom stereocenters. The van der Waals surface area contributed by atoms with Gasteiger partial charge in [0.15, 0.2) is 5.43 Å². The van der Waals surface area contributed by atoms with Gasteiger partial charge in [-0.1, -0.05) is 29.3 Å². The third-order valence-corrected chi connectivity index (χ3v) is 6.41. The Kier molecular flexibility index (Phi) is 5.96. The Labute approximate surface area is 193 Å². The predicted octanol–water partition coefficient (Wildman–Crippen LogP) is 4.47. The minimum Gasteiger partial charge on any atom is -0.633 e.